The summed E-state index contributed by atoms with van der Waals surface area (Å²) in [5, 5.41) is 5.39. The maximum atomic E-state index is 12.8. The number of hydrogen-bond donors (Lipinski definition) is 2. The molecule has 2 aliphatic carbocycles. The van der Waals surface area contributed by atoms with Crippen LogP contribution in [0.4, 0.5) is 17.3 Å². The molecular weight excluding hydrogens is 404 g/mol. The predicted octanol–water partition coefficient (Wildman–Crippen LogP) is 3.49. The molecule has 0 bridgehead atoms. The fourth-order valence-corrected chi connectivity index (χ4v) is 4.97. The molecule has 0 spiro atoms. The predicted molar refractivity (Wildman–Crippen MR) is 113 cm³/mol. The number of carbonyl (C=O) groups excluding carboxylic acids is 2. The number of carbonyl (C=O) groups is 2. The summed E-state index contributed by atoms with van der Waals surface area (Å²) in [5.74, 6) is 0.630. The first-order valence-corrected chi connectivity index (χ1v) is 11.7. The van der Waals surface area contributed by atoms with Gasteiger partial charge in [0, 0.05) is 31.3 Å². The highest BCUT2D eigenvalue weighted by molar-refractivity contribution is 7.92. The molecule has 1 amide bonds. The summed E-state index contributed by atoms with van der Waals surface area (Å²) in [7, 11) is -3.49. The largest absolute Gasteiger partial charge is 0.338 e. The minimum atomic E-state index is -3.49. The number of Topliss-reactive ketones (excluding diaryl/α,β-unsaturated/α-hetero) is 1. The van der Waals surface area contributed by atoms with Crippen molar-refractivity contribution in [3.63, 3.8) is 0 Å². The second-order valence-corrected chi connectivity index (χ2v) is 10.0. The molecule has 8 nitrogen and oxygen atoms in total. The number of aromatic nitrogens is 2. The summed E-state index contributed by atoms with van der Waals surface area (Å²) in [6.07, 6.45) is 7.02. The average molecular weight is 429 g/mol. The molecule has 2 aromatic rings. The molecule has 2 N–H and O–H groups in total. The fourth-order valence-electron chi connectivity index (χ4n) is 3.22. The van der Waals surface area contributed by atoms with E-state index in [4.69, 9.17) is 0 Å². The lowest BCUT2D eigenvalue weighted by atomic mass is 10.1. The number of amides is 1. The Morgan fingerprint density at radius 2 is 1.93 bits per heavy atom. The number of sulfone groups is 1. The molecule has 2 aliphatic rings. The number of rotatable bonds is 9. The van der Waals surface area contributed by atoms with Crippen LogP contribution in [-0.2, 0) is 14.6 Å². The second kappa shape index (κ2) is 8.14. The Balaban J connectivity index is 1.66. The van der Waals surface area contributed by atoms with E-state index in [1.54, 1.807) is 19.1 Å². The van der Waals surface area contributed by atoms with Crippen molar-refractivity contribution >= 4 is 38.9 Å². The van der Waals surface area contributed by atoms with E-state index in [0.29, 0.717) is 42.2 Å². The van der Waals surface area contributed by atoms with Crippen molar-refractivity contribution in [3.05, 3.63) is 36.2 Å². The molecule has 0 saturated heterocycles. The Kier molecular flexibility index (Phi) is 5.55. The Morgan fingerprint density at radius 3 is 2.60 bits per heavy atom. The molecule has 30 heavy (non-hydrogen) atoms. The van der Waals surface area contributed by atoms with Crippen molar-refractivity contribution in [2.24, 2.45) is 5.92 Å². The van der Waals surface area contributed by atoms with Crippen molar-refractivity contribution in [1.82, 2.24) is 9.97 Å². The van der Waals surface area contributed by atoms with E-state index in [1.165, 1.54) is 18.5 Å². The maximum Gasteiger partial charge on any atom is 0.225 e. The van der Waals surface area contributed by atoms with Crippen LogP contribution in [0.25, 0.3) is 0 Å². The van der Waals surface area contributed by atoms with Crippen LogP contribution in [0.2, 0.25) is 0 Å². The first-order valence-electron chi connectivity index (χ1n) is 10.2. The summed E-state index contributed by atoms with van der Waals surface area (Å²) in [6.45, 7) is 1.74. The molecule has 0 atom stereocenters. The van der Waals surface area contributed by atoms with E-state index in [9.17, 15) is 18.0 Å². The standard InChI is InChI=1S/C21H24N4O4S/c1-2-17(26)15-12-23-19(25-20(27)10-13-5-6-13)11-16(15)24-21-18(4-3-9-22-21)30(28,29)14-7-8-14/h3-4,9,11-14H,2,5-8,10H2,1H3,(H2,22,23,24,25,27). The van der Waals surface area contributed by atoms with Crippen LogP contribution in [0.5, 0.6) is 0 Å². The van der Waals surface area contributed by atoms with Crippen molar-refractivity contribution in [2.45, 2.75) is 55.6 Å². The zero-order chi connectivity index (χ0) is 21.3. The van der Waals surface area contributed by atoms with Crippen molar-refractivity contribution in [2.75, 3.05) is 10.6 Å². The van der Waals surface area contributed by atoms with Crippen molar-refractivity contribution < 1.29 is 18.0 Å². The van der Waals surface area contributed by atoms with Gasteiger partial charge in [0.15, 0.2) is 15.6 Å². The van der Waals surface area contributed by atoms with Crippen LogP contribution in [0.1, 0.15) is 55.8 Å². The number of nitrogens with one attached hydrogen (secondary N) is 2. The molecule has 2 saturated carbocycles. The lowest BCUT2D eigenvalue weighted by Gasteiger charge is -2.15. The Morgan fingerprint density at radius 1 is 1.17 bits per heavy atom. The van der Waals surface area contributed by atoms with Crippen LogP contribution < -0.4 is 10.6 Å². The Labute approximate surface area is 175 Å². The lowest BCUT2D eigenvalue weighted by molar-refractivity contribution is -0.116. The summed E-state index contributed by atoms with van der Waals surface area (Å²) < 4.78 is 25.6. The minimum absolute atomic E-state index is 0.110. The molecule has 2 fully saturated rings. The highest BCUT2D eigenvalue weighted by Crippen LogP contribution is 2.37. The van der Waals surface area contributed by atoms with Crippen molar-refractivity contribution in [3.8, 4) is 0 Å². The molecule has 9 heteroatoms. The van der Waals surface area contributed by atoms with Gasteiger partial charge in [-0.2, -0.15) is 0 Å². The second-order valence-electron chi connectivity index (χ2n) is 7.81. The molecule has 2 aromatic heterocycles. The first-order chi connectivity index (χ1) is 14.4. The zero-order valence-electron chi connectivity index (χ0n) is 16.7. The molecular formula is C21H24N4O4S. The van der Waals surface area contributed by atoms with E-state index in [0.717, 1.165) is 12.8 Å². The van der Waals surface area contributed by atoms with Gasteiger partial charge in [-0.05, 0) is 43.7 Å². The third-order valence-corrected chi connectivity index (χ3v) is 7.55. The van der Waals surface area contributed by atoms with Gasteiger partial charge >= 0.3 is 0 Å². The molecule has 158 valence electrons. The number of hydrogen-bond acceptors (Lipinski definition) is 7. The van der Waals surface area contributed by atoms with Crippen LogP contribution in [0.15, 0.2) is 35.5 Å². The maximum absolute atomic E-state index is 12.8. The Hall–Kier alpha value is -2.81. The Bertz CT molecular complexity index is 1090. The van der Waals surface area contributed by atoms with Gasteiger partial charge in [0.25, 0.3) is 0 Å². The fraction of sp³-hybridized carbons (Fsp3) is 0.429. The van der Waals surface area contributed by atoms with Crippen LogP contribution in [0.3, 0.4) is 0 Å². The number of anilines is 3. The van der Waals surface area contributed by atoms with Gasteiger partial charge in [-0.1, -0.05) is 6.92 Å². The molecule has 0 unspecified atom stereocenters. The molecule has 0 aliphatic heterocycles. The monoisotopic (exact) mass is 428 g/mol. The van der Waals surface area contributed by atoms with E-state index >= 15 is 0 Å². The zero-order valence-corrected chi connectivity index (χ0v) is 17.5. The lowest BCUT2D eigenvalue weighted by Crippen LogP contribution is -2.15. The smallest absolute Gasteiger partial charge is 0.225 e. The number of ketones is 1. The van der Waals surface area contributed by atoms with Crippen LogP contribution in [-0.4, -0.2) is 35.3 Å². The summed E-state index contributed by atoms with van der Waals surface area (Å²) in [6, 6.07) is 4.65. The third kappa shape index (κ3) is 4.51. The van der Waals surface area contributed by atoms with Gasteiger partial charge in [-0.15, -0.1) is 0 Å². The number of pyridine rings is 2. The minimum Gasteiger partial charge on any atom is -0.338 e. The van der Waals surface area contributed by atoms with Crippen LogP contribution in [0, 0.1) is 5.92 Å². The van der Waals surface area contributed by atoms with Gasteiger partial charge < -0.3 is 10.6 Å². The molecule has 0 aromatic carbocycles. The van der Waals surface area contributed by atoms with Crippen molar-refractivity contribution in [1.29, 1.82) is 0 Å². The normalized spacial score (nSPS) is 16.2. The first kappa shape index (κ1) is 20.5. The summed E-state index contributed by atoms with van der Waals surface area (Å²) in [5.41, 5.74) is 0.683. The number of nitrogens with zero attached hydrogens (tertiary/aromatic N) is 2. The average Bonchev–Trinajstić information content (AvgIpc) is 3.61. The van der Waals surface area contributed by atoms with E-state index in [2.05, 4.69) is 20.6 Å². The SMILES string of the molecule is CCC(=O)c1cnc(NC(=O)CC2CC2)cc1Nc1ncccc1S(=O)(=O)C1CC1. The highest BCUT2D eigenvalue weighted by Gasteiger charge is 2.38. The van der Waals surface area contributed by atoms with Gasteiger partial charge in [0.1, 0.15) is 16.5 Å². The summed E-state index contributed by atoms with van der Waals surface area (Å²) >= 11 is 0. The third-order valence-electron chi connectivity index (χ3n) is 5.26. The topological polar surface area (TPSA) is 118 Å². The quantitative estimate of drug-likeness (QED) is 0.587. The van der Waals surface area contributed by atoms with Gasteiger partial charge in [0.2, 0.25) is 5.91 Å². The van der Waals surface area contributed by atoms with E-state index in [1.807, 2.05) is 0 Å². The van der Waals surface area contributed by atoms with Gasteiger partial charge in [0.05, 0.1) is 16.5 Å². The molecule has 4 rings (SSSR count). The van der Waals surface area contributed by atoms with E-state index < -0.39 is 9.84 Å². The van der Waals surface area contributed by atoms with Gasteiger partial charge in [-0.3, -0.25) is 9.59 Å². The summed E-state index contributed by atoms with van der Waals surface area (Å²) in [4.78, 5) is 33.1. The van der Waals surface area contributed by atoms with Crippen LogP contribution >= 0.6 is 0 Å². The van der Waals surface area contributed by atoms with Gasteiger partial charge in [-0.25, -0.2) is 18.4 Å². The molecule has 2 heterocycles. The molecule has 0 radical (unpaired) electrons. The highest BCUT2D eigenvalue weighted by atomic mass is 32.2. The van der Waals surface area contributed by atoms with E-state index in [-0.39, 0.29) is 34.1 Å².